The third-order valence-corrected chi connectivity index (χ3v) is 4.80. The van der Waals surface area contributed by atoms with Gasteiger partial charge < -0.3 is 19.9 Å². The van der Waals surface area contributed by atoms with Gasteiger partial charge in [0.25, 0.3) is 6.29 Å². The molecule has 1 amide bonds. The lowest BCUT2D eigenvalue weighted by Gasteiger charge is -2.28. The highest BCUT2D eigenvalue weighted by Crippen LogP contribution is 2.26. The van der Waals surface area contributed by atoms with E-state index in [2.05, 4.69) is 19.2 Å². The van der Waals surface area contributed by atoms with Crippen LogP contribution in [0.5, 0.6) is 0 Å². The molecular formula is C20H37NO6. The van der Waals surface area contributed by atoms with Crippen molar-refractivity contribution in [2.75, 3.05) is 6.54 Å². The summed E-state index contributed by atoms with van der Waals surface area (Å²) in [7, 11) is 0. The van der Waals surface area contributed by atoms with Crippen molar-refractivity contribution in [3.8, 4) is 0 Å². The van der Waals surface area contributed by atoms with Crippen LogP contribution in [-0.4, -0.2) is 36.0 Å². The van der Waals surface area contributed by atoms with Gasteiger partial charge in [-0.15, -0.1) is 0 Å². The van der Waals surface area contributed by atoms with Gasteiger partial charge >= 0.3 is 18.0 Å². The summed E-state index contributed by atoms with van der Waals surface area (Å²) >= 11 is 0. The quantitative estimate of drug-likeness (QED) is 0.387. The number of aliphatic carboxylic acids is 1. The number of rotatable bonds is 12. The number of carboxylic acid groups (broad SMARTS) is 1. The Morgan fingerprint density at radius 3 is 2.04 bits per heavy atom. The second-order valence-corrected chi connectivity index (χ2v) is 7.97. The Bertz CT molecular complexity index is 477. The molecule has 7 heteroatoms. The van der Waals surface area contributed by atoms with Crippen LogP contribution in [0.2, 0.25) is 0 Å². The van der Waals surface area contributed by atoms with Crippen LogP contribution in [0.3, 0.4) is 0 Å². The van der Waals surface area contributed by atoms with Crippen LogP contribution in [-0.2, 0) is 19.1 Å². The largest absolute Gasteiger partial charge is 0.481 e. The van der Waals surface area contributed by atoms with Gasteiger partial charge in [-0.25, -0.2) is 4.79 Å². The summed E-state index contributed by atoms with van der Waals surface area (Å²) in [5.74, 6) is -1.56. The molecule has 0 aliphatic heterocycles. The Morgan fingerprint density at radius 1 is 1.00 bits per heavy atom. The molecule has 0 saturated heterocycles. The van der Waals surface area contributed by atoms with Crippen LogP contribution in [0.15, 0.2) is 0 Å². The summed E-state index contributed by atoms with van der Waals surface area (Å²) in [6, 6.07) is 0. The zero-order valence-electron chi connectivity index (χ0n) is 17.8. The molecule has 7 nitrogen and oxygen atoms in total. The highest BCUT2D eigenvalue weighted by Gasteiger charge is 2.27. The Labute approximate surface area is 163 Å². The SMILES string of the molecule is CCC[C@@H](C)[C@@H](C)[C@H](CNC(=O)O[C@@H](OC(=O)C(C)C)C(C)C)CC(=O)O. The average Bonchev–Trinajstić information content (AvgIpc) is 2.56. The number of carboxylic acids is 1. The van der Waals surface area contributed by atoms with Gasteiger partial charge in [-0.2, -0.15) is 0 Å². The van der Waals surface area contributed by atoms with E-state index in [0.717, 1.165) is 12.8 Å². The van der Waals surface area contributed by atoms with Crippen LogP contribution in [0, 0.1) is 29.6 Å². The minimum absolute atomic E-state index is 0.0224. The van der Waals surface area contributed by atoms with E-state index in [4.69, 9.17) is 9.47 Å². The van der Waals surface area contributed by atoms with E-state index in [-0.39, 0.29) is 36.6 Å². The third-order valence-electron chi connectivity index (χ3n) is 4.80. The molecule has 0 aromatic rings. The normalized spacial score (nSPS) is 15.7. The van der Waals surface area contributed by atoms with Gasteiger partial charge in [0.05, 0.1) is 12.3 Å². The molecule has 27 heavy (non-hydrogen) atoms. The van der Waals surface area contributed by atoms with Crippen LogP contribution >= 0.6 is 0 Å². The molecule has 0 radical (unpaired) electrons. The zero-order chi connectivity index (χ0) is 21.1. The molecule has 0 aromatic carbocycles. The minimum atomic E-state index is -0.978. The molecule has 0 fully saturated rings. The lowest BCUT2D eigenvalue weighted by Crippen LogP contribution is -2.39. The fraction of sp³-hybridized carbons (Fsp3) is 0.850. The van der Waals surface area contributed by atoms with Crippen molar-refractivity contribution in [3.05, 3.63) is 0 Å². The predicted octanol–water partition coefficient (Wildman–Crippen LogP) is 4.06. The van der Waals surface area contributed by atoms with E-state index >= 15 is 0 Å². The monoisotopic (exact) mass is 387 g/mol. The number of carbonyl (C=O) groups excluding carboxylic acids is 2. The molecular weight excluding hydrogens is 350 g/mol. The molecule has 0 rings (SSSR count). The summed E-state index contributed by atoms with van der Waals surface area (Å²) in [6.07, 6.45) is 0.316. The summed E-state index contributed by atoms with van der Waals surface area (Å²) in [5, 5.41) is 11.8. The smallest absolute Gasteiger partial charge is 0.410 e. The second-order valence-electron chi connectivity index (χ2n) is 7.97. The maximum atomic E-state index is 12.1. The van der Waals surface area contributed by atoms with Crippen molar-refractivity contribution in [2.24, 2.45) is 29.6 Å². The summed E-state index contributed by atoms with van der Waals surface area (Å²) < 4.78 is 10.5. The Hall–Kier alpha value is -1.79. The first-order valence-corrected chi connectivity index (χ1v) is 9.86. The molecule has 0 unspecified atom stereocenters. The van der Waals surface area contributed by atoms with E-state index in [0.29, 0.717) is 5.92 Å². The fourth-order valence-corrected chi connectivity index (χ4v) is 2.76. The molecule has 0 aromatic heterocycles. The molecule has 0 saturated carbocycles. The summed E-state index contributed by atoms with van der Waals surface area (Å²) in [5.41, 5.74) is 0. The number of nitrogens with one attached hydrogen (secondary N) is 1. The van der Waals surface area contributed by atoms with Gasteiger partial charge in [-0.05, 0) is 17.8 Å². The number of ether oxygens (including phenoxy) is 2. The molecule has 0 bridgehead atoms. The van der Waals surface area contributed by atoms with E-state index < -0.39 is 24.3 Å². The second kappa shape index (κ2) is 12.6. The molecule has 0 heterocycles. The van der Waals surface area contributed by atoms with Gasteiger partial charge in [0, 0.05) is 12.5 Å². The Kier molecular flexibility index (Phi) is 11.7. The molecule has 4 atom stereocenters. The molecule has 2 N–H and O–H groups in total. The zero-order valence-corrected chi connectivity index (χ0v) is 17.8. The number of esters is 1. The van der Waals surface area contributed by atoms with Crippen molar-refractivity contribution in [1.82, 2.24) is 5.32 Å². The third kappa shape index (κ3) is 10.2. The van der Waals surface area contributed by atoms with E-state index in [9.17, 15) is 19.5 Å². The van der Waals surface area contributed by atoms with Crippen molar-refractivity contribution >= 4 is 18.0 Å². The van der Waals surface area contributed by atoms with Crippen molar-refractivity contribution < 1.29 is 29.0 Å². The number of carbonyl (C=O) groups is 3. The van der Waals surface area contributed by atoms with Crippen LogP contribution < -0.4 is 5.32 Å². The summed E-state index contributed by atoms with van der Waals surface area (Å²) in [4.78, 5) is 35.1. The fourth-order valence-electron chi connectivity index (χ4n) is 2.76. The highest BCUT2D eigenvalue weighted by atomic mass is 16.7. The Balaban J connectivity index is 4.81. The first-order valence-electron chi connectivity index (χ1n) is 9.86. The highest BCUT2D eigenvalue weighted by molar-refractivity contribution is 5.72. The van der Waals surface area contributed by atoms with E-state index in [1.165, 1.54) is 0 Å². The minimum Gasteiger partial charge on any atom is -0.481 e. The molecule has 0 aliphatic rings. The van der Waals surface area contributed by atoms with Gasteiger partial charge in [-0.1, -0.05) is 61.3 Å². The maximum Gasteiger partial charge on any atom is 0.410 e. The van der Waals surface area contributed by atoms with Crippen molar-refractivity contribution in [2.45, 2.75) is 74.0 Å². The molecule has 0 spiro atoms. The van der Waals surface area contributed by atoms with Crippen molar-refractivity contribution in [1.29, 1.82) is 0 Å². The number of hydrogen-bond donors (Lipinski definition) is 2. The van der Waals surface area contributed by atoms with E-state index in [1.807, 2.05) is 6.92 Å². The standard InChI is InChI=1S/C20H37NO6/c1-8-9-14(6)15(7)16(10-17(22)23)11-21-20(25)27-19(13(4)5)26-18(24)12(2)3/h12-16,19H,8-11H2,1-7H3,(H,21,25)(H,22,23)/t14-,15-,16+,19-/m1/s1. The van der Waals surface area contributed by atoms with Gasteiger partial charge in [0.2, 0.25) is 0 Å². The Morgan fingerprint density at radius 2 is 1.59 bits per heavy atom. The van der Waals surface area contributed by atoms with Crippen LogP contribution in [0.4, 0.5) is 4.79 Å². The number of hydrogen-bond acceptors (Lipinski definition) is 5. The van der Waals surface area contributed by atoms with Crippen LogP contribution in [0.1, 0.15) is 67.7 Å². The number of alkyl carbamates (subject to hydrolysis) is 1. The number of amides is 1. The van der Waals surface area contributed by atoms with E-state index in [1.54, 1.807) is 27.7 Å². The van der Waals surface area contributed by atoms with Crippen molar-refractivity contribution in [3.63, 3.8) is 0 Å². The maximum absolute atomic E-state index is 12.1. The van der Waals surface area contributed by atoms with Gasteiger partial charge in [-0.3, -0.25) is 9.59 Å². The van der Waals surface area contributed by atoms with Crippen LogP contribution in [0.25, 0.3) is 0 Å². The predicted molar refractivity (Wildman–Crippen MR) is 103 cm³/mol. The first kappa shape index (κ1) is 25.2. The average molecular weight is 388 g/mol. The first-order chi connectivity index (χ1) is 12.5. The van der Waals surface area contributed by atoms with Gasteiger partial charge in [0.15, 0.2) is 0 Å². The molecule has 0 aliphatic carbocycles. The lowest BCUT2D eigenvalue weighted by molar-refractivity contribution is -0.178. The topological polar surface area (TPSA) is 102 Å². The molecule has 158 valence electrons. The van der Waals surface area contributed by atoms with Gasteiger partial charge in [0.1, 0.15) is 0 Å². The summed E-state index contributed by atoms with van der Waals surface area (Å²) in [6.45, 7) is 13.4. The lowest BCUT2D eigenvalue weighted by atomic mass is 9.80.